The highest BCUT2D eigenvalue weighted by Gasteiger charge is 2.35. The van der Waals surface area contributed by atoms with Crippen molar-refractivity contribution >= 4 is 34.1 Å². The number of nitrogens with zero attached hydrogens (tertiary/aromatic N) is 7. The third-order valence-corrected chi connectivity index (χ3v) is 7.88. The number of carbonyl (C=O) groups excluding carboxylic acids is 1. The van der Waals surface area contributed by atoms with Gasteiger partial charge in [-0.25, -0.2) is 28.3 Å². The summed E-state index contributed by atoms with van der Waals surface area (Å²) in [5, 5.41) is 9.57. The first-order valence-corrected chi connectivity index (χ1v) is 13.4. The third kappa shape index (κ3) is 4.01. The van der Waals surface area contributed by atoms with Crippen LogP contribution in [0.15, 0.2) is 53.7 Å². The highest BCUT2D eigenvalue weighted by molar-refractivity contribution is 5.85. The molecule has 1 fully saturated rings. The fourth-order valence-electron chi connectivity index (χ4n) is 5.92. The maximum absolute atomic E-state index is 14.7. The Balaban J connectivity index is 1.41. The molecule has 5 aromatic rings. The number of carboxylic acids is 1. The SMILES string of the molecule is O=C(O)C1CCCN1C(=O)Cn1c(=O)n([C@@H]2CCOc3c(F)cccc32)c2nc(-n3cnc4ccc(F)cc43)ncc21. The summed E-state index contributed by atoms with van der Waals surface area (Å²) < 4.78 is 38.4. The van der Waals surface area contributed by atoms with Gasteiger partial charge in [-0.1, -0.05) is 12.1 Å². The Kier molecular flexibility index (Phi) is 5.99. The summed E-state index contributed by atoms with van der Waals surface area (Å²) >= 11 is 0. The number of aromatic nitrogens is 6. The molecule has 2 aromatic carbocycles. The lowest BCUT2D eigenvalue weighted by Crippen LogP contribution is -2.43. The van der Waals surface area contributed by atoms with Crippen LogP contribution in [-0.2, 0) is 16.1 Å². The number of likely N-dealkylation sites (tertiary alicyclic amines) is 1. The number of aliphatic carboxylic acids is 1. The van der Waals surface area contributed by atoms with Crippen LogP contribution in [0.4, 0.5) is 8.78 Å². The number of imidazole rings is 2. The molecule has 2 aliphatic rings. The Morgan fingerprint density at radius 2 is 1.95 bits per heavy atom. The lowest BCUT2D eigenvalue weighted by atomic mass is 10.00. The monoisotopic (exact) mass is 575 g/mol. The molecule has 0 spiro atoms. The molecule has 1 saturated heterocycles. The van der Waals surface area contributed by atoms with Gasteiger partial charge < -0.3 is 14.7 Å². The van der Waals surface area contributed by atoms with E-state index in [4.69, 9.17) is 4.74 Å². The molecule has 7 rings (SSSR count). The Hall–Kier alpha value is -5.14. The van der Waals surface area contributed by atoms with Gasteiger partial charge in [-0.3, -0.25) is 18.5 Å². The molecule has 2 atom stereocenters. The summed E-state index contributed by atoms with van der Waals surface area (Å²) in [5.74, 6) is -2.54. The van der Waals surface area contributed by atoms with E-state index in [1.807, 2.05) is 0 Å². The molecule has 1 amide bonds. The van der Waals surface area contributed by atoms with E-state index in [1.54, 1.807) is 6.07 Å². The van der Waals surface area contributed by atoms with Gasteiger partial charge in [0, 0.05) is 24.6 Å². The van der Waals surface area contributed by atoms with E-state index in [1.165, 1.54) is 61.5 Å². The number of rotatable bonds is 5. The summed E-state index contributed by atoms with van der Waals surface area (Å²) in [6.07, 6.45) is 4.00. The van der Waals surface area contributed by atoms with E-state index in [0.29, 0.717) is 35.9 Å². The summed E-state index contributed by atoms with van der Waals surface area (Å²) in [5.41, 5.74) is 1.14. The molecule has 12 nitrogen and oxygen atoms in total. The molecule has 1 unspecified atom stereocenters. The van der Waals surface area contributed by atoms with Crippen molar-refractivity contribution < 1.29 is 28.2 Å². The molecule has 0 radical (unpaired) electrons. The number of benzene rings is 2. The van der Waals surface area contributed by atoms with Gasteiger partial charge in [0.2, 0.25) is 11.9 Å². The van der Waals surface area contributed by atoms with Gasteiger partial charge in [0.1, 0.15) is 30.2 Å². The zero-order chi connectivity index (χ0) is 29.1. The van der Waals surface area contributed by atoms with Crippen LogP contribution in [-0.4, -0.2) is 69.7 Å². The van der Waals surface area contributed by atoms with Crippen LogP contribution in [0.2, 0.25) is 0 Å². The van der Waals surface area contributed by atoms with Crippen LogP contribution < -0.4 is 10.4 Å². The molecule has 3 aromatic heterocycles. The minimum atomic E-state index is -1.10. The molecule has 0 saturated carbocycles. The number of amides is 1. The number of carboxylic acid groups (broad SMARTS) is 1. The molecular formula is C28H23F2N7O5. The molecule has 42 heavy (non-hydrogen) atoms. The van der Waals surface area contributed by atoms with Crippen LogP contribution in [0.5, 0.6) is 5.75 Å². The lowest BCUT2D eigenvalue weighted by molar-refractivity contribution is -0.148. The second-order valence-electron chi connectivity index (χ2n) is 10.3. The smallest absolute Gasteiger partial charge is 0.331 e. The van der Waals surface area contributed by atoms with Crippen molar-refractivity contribution in [1.29, 1.82) is 0 Å². The van der Waals surface area contributed by atoms with Crippen molar-refractivity contribution in [3.05, 3.63) is 76.6 Å². The number of hydrogen-bond acceptors (Lipinski definition) is 7. The molecule has 2 aliphatic heterocycles. The van der Waals surface area contributed by atoms with Gasteiger partial charge >= 0.3 is 11.7 Å². The molecule has 1 N–H and O–H groups in total. The van der Waals surface area contributed by atoms with E-state index in [0.717, 1.165) is 0 Å². The highest BCUT2D eigenvalue weighted by Crippen LogP contribution is 2.37. The van der Waals surface area contributed by atoms with E-state index < -0.39 is 47.8 Å². The van der Waals surface area contributed by atoms with Crippen molar-refractivity contribution in [3.8, 4) is 11.7 Å². The summed E-state index contributed by atoms with van der Waals surface area (Å²) in [6, 6.07) is 6.90. The number of carbonyl (C=O) groups is 2. The first kappa shape index (κ1) is 25.8. The Labute approximate surface area is 235 Å². The molecule has 5 heterocycles. The zero-order valence-electron chi connectivity index (χ0n) is 22.0. The van der Waals surface area contributed by atoms with Crippen molar-refractivity contribution in [1.82, 2.24) is 33.6 Å². The maximum Gasteiger partial charge on any atom is 0.331 e. The fraction of sp³-hybridized carbons (Fsp3) is 0.286. The average molecular weight is 576 g/mol. The third-order valence-electron chi connectivity index (χ3n) is 7.88. The Morgan fingerprint density at radius 1 is 1.10 bits per heavy atom. The zero-order valence-corrected chi connectivity index (χ0v) is 22.0. The van der Waals surface area contributed by atoms with Gasteiger partial charge in [-0.05, 0) is 31.0 Å². The first-order valence-electron chi connectivity index (χ1n) is 13.4. The maximum atomic E-state index is 14.7. The van der Waals surface area contributed by atoms with Crippen LogP contribution >= 0.6 is 0 Å². The number of ether oxygens (including phenoxy) is 1. The second kappa shape index (κ2) is 9.75. The van der Waals surface area contributed by atoms with Crippen LogP contribution in [0, 0.1) is 11.6 Å². The first-order chi connectivity index (χ1) is 20.3. The van der Waals surface area contributed by atoms with Gasteiger partial charge in [0.15, 0.2) is 17.2 Å². The number of para-hydroxylation sites is 1. The second-order valence-corrected chi connectivity index (χ2v) is 10.3. The standard InChI is InChI=1S/C28H23F2N7O5/c29-15-6-7-18-21(11-15)36(14-32-18)27-31-12-22-25(33-27)37(19-8-10-42-24-16(19)3-1-4-17(24)30)28(41)35(22)13-23(38)34-9-2-5-20(34)26(39)40/h1,3-4,6-7,11-12,14,19-20H,2,5,8-10,13H2,(H,39,40)/t19-,20?/m1/s1. The summed E-state index contributed by atoms with van der Waals surface area (Å²) in [7, 11) is 0. The van der Waals surface area contributed by atoms with E-state index in [2.05, 4.69) is 15.0 Å². The normalized spacial score (nSPS) is 18.4. The highest BCUT2D eigenvalue weighted by atomic mass is 19.1. The Morgan fingerprint density at radius 3 is 2.79 bits per heavy atom. The number of hydrogen-bond donors (Lipinski definition) is 1. The average Bonchev–Trinajstić information content (AvgIpc) is 3.70. The van der Waals surface area contributed by atoms with E-state index in [9.17, 15) is 28.3 Å². The number of halogens is 2. The summed E-state index contributed by atoms with van der Waals surface area (Å²) in [6.45, 7) is -0.0396. The van der Waals surface area contributed by atoms with Gasteiger partial charge in [0.05, 0.1) is 29.9 Å². The van der Waals surface area contributed by atoms with E-state index >= 15 is 0 Å². The van der Waals surface area contributed by atoms with Crippen LogP contribution in [0.25, 0.3) is 28.1 Å². The minimum Gasteiger partial charge on any atom is -0.490 e. The van der Waals surface area contributed by atoms with Crippen molar-refractivity contribution in [3.63, 3.8) is 0 Å². The van der Waals surface area contributed by atoms with Crippen molar-refractivity contribution in [2.45, 2.75) is 37.9 Å². The number of fused-ring (bicyclic) bond motifs is 3. The molecule has 0 bridgehead atoms. The quantitative estimate of drug-likeness (QED) is 0.338. The fourth-order valence-corrected chi connectivity index (χ4v) is 5.92. The lowest BCUT2D eigenvalue weighted by Gasteiger charge is -2.26. The Bertz CT molecular complexity index is 1970. The van der Waals surface area contributed by atoms with Crippen molar-refractivity contribution in [2.75, 3.05) is 13.2 Å². The molecule has 14 heteroatoms. The molecular weight excluding hydrogens is 552 g/mol. The largest absolute Gasteiger partial charge is 0.490 e. The van der Waals surface area contributed by atoms with Crippen LogP contribution in [0.1, 0.15) is 30.9 Å². The molecule has 214 valence electrons. The summed E-state index contributed by atoms with van der Waals surface area (Å²) in [4.78, 5) is 53.7. The minimum absolute atomic E-state index is 0.0318. The predicted molar refractivity (Wildman–Crippen MR) is 143 cm³/mol. The molecule has 0 aliphatic carbocycles. The van der Waals surface area contributed by atoms with Crippen LogP contribution in [0.3, 0.4) is 0 Å². The van der Waals surface area contributed by atoms with E-state index in [-0.39, 0.29) is 36.0 Å². The van der Waals surface area contributed by atoms with Gasteiger partial charge in [0.25, 0.3) is 0 Å². The predicted octanol–water partition coefficient (Wildman–Crippen LogP) is 2.66. The van der Waals surface area contributed by atoms with Crippen molar-refractivity contribution in [2.24, 2.45) is 0 Å². The van der Waals surface area contributed by atoms with Gasteiger partial charge in [-0.2, -0.15) is 4.98 Å². The van der Waals surface area contributed by atoms with Gasteiger partial charge in [-0.15, -0.1) is 0 Å². The topological polar surface area (TPSA) is 137 Å².